The van der Waals surface area contributed by atoms with Gasteiger partial charge < -0.3 is 5.73 Å². The van der Waals surface area contributed by atoms with Gasteiger partial charge in [0.2, 0.25) is 10.0 Å². The first-order valence-electron chi connectivity index (χ1n) is 5.02. The van der Waals surface area contributed by atoms with E-state index in [0.717, 1.165) is 5.56 Å². The first kappa shape index (κ1) is 12.8. The SMILES string of the molecule is Cc1c(N)cccc1NS(=O)(=O)C(C)(C)C. The van der Waals surface area contributed by atoms with Crippen molar-refractivity contribution in [1.82, 2.24) is 0 Å². The Labute approximate surface area is 96.9 Å². The molecule has 0 aliphatic carbocycles. The number of anilines is 2. The van der Waals surface area contributed by atoms with E-state index in [1.165, 1.54) is 0 Å². The molecule has 0 atom stereocenters. The molecule has 0 bridgehead atoms. The van der Waals surface area contributed by atoms with Crippen LogP contribution in [0.4, 0.5) is 11.4 Å². The van der Waals surface area contributed by atoms with Gasteiger partial charge in [0, 0.05) is 5.69 Å². The van der Waals surface area contributed by atoms with Crippen LogP contribution in [0.2, 0.25) is 0 Å². The van der Waals surface area contributed by atoms with Crippen molar-refractivity contribution in [3.63, 3.8) is 0 Å². The molecule has 16 heavy (non-hydrogen) atoms. The standard InChI is InChI=1S/C11H18N2O2S/c1-8-9(12)6-5-7-10(8)13-16(14,15)11(2,3)4/h5-7,13H,12H2,1-4H3. The zero-order valence-electron chi connectivity index (χ0n) is 10.0. The van der Waals surface area contributed by atoms with E-state index in [2.05, 4.69) is 4.72 Å². The van der Waals surface area contributed by atoms with Crippen LogP contribution < -0.4 is 10.5 Å². The topological polar surface area (TPSA) is 72.2 Å². The second-order valence-corrected chi connectivity index (χ2v) is 7.17. The summed E-state index contributed by atoms with van der Waals surface area (Å²) in [4.78, 5) is 0. The van der Waals surface area contributed by atoms with Gasteiger partial charge in [-0.15, -0.1) is 0 Å². The summed E-state index contributed by atoms with van der Waals surface area (Å²) in [5.74, 6) is 0. The monoisotopic (exact) mass is 242 g/mol. The summed E-state index contributed by atoms with van der Waals surface area (Å²) in [6, 6.07) is 5.17. The van der Waals surface area contributed by atoms with E-state index in [1.807, 2.05) is 0 Å². The number of nitrogens with two attached hydrogens (primary N) is 1. The van der Waals surface area contributed by atoms with Crippen LogP contribution in [0, 0.1) is 6.92 Å². The maximum Gasteiger partial charge on any atom is 0.237 e. The zero-order chi connectivity index (χ0) is 12.6. The zero-order valence-corrected chi connectivity index (χ0v) is 10.9. The van der Waals surface area contributed by atoms with Crippen LogP contribution in [0.15, 0.2) is 18.2 Å². The largest absolute Gasteiger partial charge is 0.398 e. The Morgan fingerprint density at radius 2 is 1.81 bits per heavy atom. The Morgan fingerprint density at radius 3 is 2.31 bits per heavy atom. The smallest absolute Gasteiger partial charge is 0.237 e. The number of nitrogens with one attached hydrogen (secondary N) is 1. The summed E-state index contributed by atoms with van der Waals surface area (Å²) in [6.07, 6.45) is 0. The molecule has 0 fully saturated rings. The highest BCUT2D eigenvalue weighted by Gasteiger charge is 2.29. The fourth-order valence-corrected chi connectivity index (χ4v) is 1.88. The van der Waals surface area contributed by atoms with Crippen LogP contribution in [-0.4, -0.2) is 13.2 Å². The maximum atomic E-state index is 11.9. The van der Waals surface area contributed by atoms with Crippen molar-refractivity contribution in [3.8, 4) is 0 Å². The fraction of sp³-hybridized carbons (Fsp3) is 0.455. The number of rotatable bonds is 2. The van der Waals surface area contributed by atoms with E-state index in [-0.39, 0.29) is 0 Å². The normalized spacial score (nSPS) is 12.5. The number of hydrogen-bond acceptors (Lipinski definition) is 3. The summed E-state index contributed by atoms with van der Waals surface area (Å²) in [5.41, 5.74) is 7.57. The average Bonchev–Trinajstić information content (AvgIpc) is 2.11. The van der Waals surface area contributed by atoms with Gasteiger partial charge in [-0.3, -0.25) is 4.72 Å². The Bertz CT molecular complexity index is 487. The van der Waals surface area contributed by atoms with Crippen LogP contribution in [0.1, 0.15) is 26.3 Å². The Kier molecular flexibility index (Phi) is 3.19. The van der Waals surface area contributed by atoms with E-state index in [9.17, 15) is 8.42 Å². The predicted molar refractivity (Wildman–Crippen MR) is 67.9 cm³/mol. The van der Waals surface area contributed by atoms with Gasteiger partial charge in [0.25, 0.3) is 0 Å². The third-order valence-corrected chi connectivity index (χ3v) is 4.53. The molecule has 0 saturated heterocycles. The second-order valence-electron chi connectivity index (χ2n) is 4.74. The molecule has 0 heterocycles. The van der Waals surface area contributed by atoms with Crippen molar-refractivity contribution in [1.29, 1.82) is 0 Å². The van der Waals surface area contributed by atoms with Gasteiger partial charge in [-0.1, -0.05) is 6.07 Å². The van der Waals surface area contributed by atoms with Crippen LogP contribution in [-0.2, 0) is 10.0 Å². The average molecular weight is 242 g/mol. The summed E-state index contributed by atoms with van der Waals surface area (Å²) in [6.45, 7) is 6.74. The summed E-state index contributed by atoms with van der Waals surface area (Å²) >= 11 is 0. The third-order valence-electron chi connectivity index (χ3n) is 2.43. The Hall–Kier alpha value is -1.23. The lowest BCUT2D eigenvalue weighted by molar-refractivity contribution is 0.566. The highest BCUT2D eigenvalue weighted by atomic mass is 32.2. The van der Waals surface area contributed by atoms with Gasteiger partial charge in [0.15, 0.2) is 0 Å². The van der Waals surface area contributed by atoms with Gasteiger partial charge in [0.05, 0.1) is 10.4 Å². The second kappa shape index (κ2) is 3.97. The van der Waals surface area contributed by atoms with Crippen molar-refractivity contribution in [3.05, 3.63) is 23.8 Å². The minimum atomic E-state index is -3.40. The summed E-state index contributed by atoms with van der Waals surface area (Å²) in [5, 5.41) is 0. The van der Waals surface area contributed by atoms with E-state index >= 15 is 0 Å². The van der Waals surface area contributed by atoms with Crippen molar-refractivity contribution in [2.75, 3.05) is 10.5 Å². The first-order chi connectivity index (χ1) is 7.15. The van der Waals surface area contributed by atoms with Crippen LogP contribution >= 0.6 is 0 Å². The van der Waals surface area contributed by atoms with Gasteiger partial charge in [-0.25, -0.2) is 8.42 Å². The number of sulfonamides is 1. The fourth-order valence-electron chi connectivity index (χ4n) is 1.06. The number of benzene rings is 1. The van der Waals surface area contributed by atoms with Crippen LogP contribution in [0.25, 0.3) is 0 Å². The molecule has 0 radical (unpaired) electrons. The first-order valence-corrected chi connectivity index (χ1v) is 6.51. The molecule has 0 aromatic heterocycles. The molecule has 0 spiro atoms. The Balaban J connectivity index is 3.12. The van der Waals surface area contributed by atoms with E-state index in [4.69, 9.17) is 5.73 Å². The summed E-state index contributed by atoms with van der Waals surface area (Å²) in [7, 11) is -3.40. The van der Waals surface area contributed by atoms with Crippen molar-refractivity contribution in [2.24, 2.45) is 0 Å². The maximum absolute atomic E-state index is 11.9. The minimum absolute atomic E-state index is 0.537. The highest BCUT2D eigenvalue weighted by molar-refractivity contribution is 7.94. The molecule has 1 aromatic carbocycles. The predicted octanol–water partition coefficient (Wildman–Crippen LogP) is 2.12. The van der Waals surface area contributed by atoms with E-state index in [0.29, 0.717) is 11.4 Å². The lowest BCUT2D eigenvalue weighted by atomic mass is 10.2. The molecular formula is C11H18N2O2S. The summed E-state index contributed by atoms with van der Waals surface area (Å²) < 4.78 is 25.6. The van der Waals surface area contributed by atoms with Gasteiger partial charge >= 0.3 is 0 Å². The molecule has 0 aliphatic heterocycles. The molecule has 5 heteroatoms. The molecule has 3 N–H and O–H groups in total. The minimum Gasteiger partial charge on any atom is -0.398 e. The molecule has 1 rings (SSSR count). The number of nitrogen functional groups attached to an aromatic ring is 1. The molecule has 0 amide bonds. The molecule has 0 aliphatic rings. The lowest BCUT2D eigenvalue weighted by Crippen LogP contribution is -2.33. The van der Waals surface area contributed by atoms with Gasteiger partial charge in [-0.05, 0) is 45.4 Å². The van der Waals surface area contributed by atoms with Crippen LogP contribution in [0.3, 0.4) is 0 Å². The van der Waals surface area contributed by atoms with Gasteiger partial charge in [0.1, 0.15) is 0 Å². The van der Waals surface area contributed by atoms with Crippen molar-refractivity contribution >= 4 is 21.4 Å². The van der Waals surface area contributed by atoms with E-state index in [1.54, 1.807) is 45.9 Å². The molecule has 0 saturated carbocycles. The van der Waals surface area contributed by atoms with Crippen molar-refractivity contribution in [2.45, 2.75) is 32.4 Å². The van der Waals surface area contributed by atoms with Crippen molar-refractivity contribution < 1.29 is 8.42 Å². The lowest BCUT2D eigenvalue weighted by Gasteiger charge is -2.21. The number of hydrogen-bond donors (Lipinski definition) is 2. The molecule has 90 valence electrons. The third kappa shape index (κ3) is 2.47. The molecule has 0 unspecified atom stereocenters. The highest BCUT2D eigenvalue weighted by Crippen LogP contribution is 2.25. The van der Waals surface area contributed by atoms with Crippen LogP contribution in [0.5, 0.6) is 0 Å². The van der Waals surface area contributed by atoms with Gasteiger partial charge in [-0.2, -0.15) is 0 Å². The molecule has 4 nitrogen and oxygen atoms in total. The Morgan fingerprint density at radius 1 is 1.25 bits per heavy atom. The molecule has 1 aromatic rings. The molecular weight excluding hydrogens is 224 g/mol. The van der Waals surface area contributed by atoms with E-state index < -0.39 is 14.8 Å². The quantitative estimate of drug-likeness (QED) is 0.780.